The number of hydrogen-bond donors (Lipinski definition) is 0. The molecule has 0 saturated carbocycles. The molecule has 3 aromatic carbocycles. The molecule has 0 heterocycles. The van der Waals surface area contributed by atoms with Gasteiger partial charge in [0, 0.05) is 9.47 Å². The highest BCUT2D eigenvalue weighted by atomic mass is 127. The number of esters is 1. The predicted molar refractivity (Wildman–Crippen MR) is 125 cm³/mol. The summed E-state index contributed by atoms with van der Waals surface area (Å²) >= 11 is 1.58. The highest BCUT2D eigenvalue weighted by molar-refractivity contribution is 14.1. The number of rotatable bonds is 8. The molecular weight excluding hydrogens is 696 g/mol. The Morgan fingerprint density at radius 1 is 0.846 bits per heavy atom. The van der Waals surface area contributed by atoms with Crippen molar-refractivity contribution in [3.05, 3.63) is 80.7 Å². The second-order valence-electron chi connectivity index (χ2n) is 7.10. The minimum atomic E-state index is -5.01. The van der Waals surface area contributed by atoms with Crippen LogP contribution in [0.25, 0.3) is 0 Å². The van der Waals surface area contributed by atoms with Crippen molar-refractivity contribution in [1.29, 1.82) is 0 Å². The van der Waals surface area contributed by atoms with Crippen LogP contribution in [-0.2, 0) is 24.9 Å². The molecule has 0 aliphatic carbocycles. The van der Waals surface area contributed by atoms with Crippen LogP contribution in [0.15, 0.2) is 56.7 Å². The van der Waals surface area contributed by atoms with Crippen molar-refractivity contribution in [3.8, 4) is 11.5 Å². The molecule has 10 nitrogen and oxygen atoms in total. The van der Waals surface area contributed by atoms with E-state index in [-0.39, 0.29) is 15.1 Å². The number of halogens is 6. The van der Waals surface area contributed by atoms with Gasteiger partial charge in [0.2, 0.25) is 5.82 Å². The Kier molecular flexibility index (Phi) is 8.82. The largest absolute Gasteiger partial charge is 0.857 e. The van der Waals surface area contributed by atoms with Crippen LogP contribution in [-0.4, -0.2) is 39.9 Å². The van der Waals surface area contributed by atoms with Gasteiger partial charge in [-0.3, -0.25) is 0 Å². The molecule has 0 N–H and O–H groups in total. The number of carbonyl (C=O) groups excluding carboxylic acids is 1. The summed E-state index contributed by atoms with van der Waals surface area (Å²) in [5.74, 6) is -16.1. The van der Waals surface area contributed by atoms with Crippen molar-refractivity contribution >= 4 is 54.6 Å². The summed E-state index contributed by atoms with van der Waals surface area (Å²) in [6.07, 6.45) is 0. The van der Waals surface area contributed by atoms with E-state index in [2.05, 4.69) is 4.40 Å². The van der Waals surface area contributed by atoms with Gasteiger partial charge in [0.1, 0.15) is 21.6 Å². The Bertz CT molecular complexity index is 1690. The van der Waals surface area contributed by atoms with E-state index in [0.29, 0.717) is 0 Å². The van der Waals surface area contributed by atoms with Gasteiger partial charge in [0.25, 0.3) is 10.0 Å². The SMILES string of the molecule is O=C(COc1ccc(S(=O)(=O)[O-])c(I)c1)Oc1ccc(S(=O)(=O)/N=C(\[O-])c2c(F)c(F)c(F)c(F)c2F)cc1. The molecule has 3 aromatic rings. The molecule has 0 atom stereocenters. The summed E-state index contributed by atoms with van der Waals surface area (Å²) in [6, 6.07) is 6.63. The normalized spacial score (nSPS) is 12.3. The molecule has 18 heteroatoms. The molecule has 39 heavy (non-hydrogen) atoms. The van der Waals surface area contributed by atoms with Crippen LogP contribution in [0.3, 0.4) is 0 Å². The lowest BCUT2D eigenvalue weighted by atomic mass is 10.1. The lowest BCUT2D eigenvalue weighted by Crippen LogP contribution is -2.25. The molecule has 0 aliphatic rings. The van der Waals surface area contributed by atoms with Gasteiger partial charge in [-0.05, 0) is 65.1 Å². The lowest BCUT2D eigenvalue weighted by Gasteiger charge is -2.14. The number of nitrogens with zero attached hydrogens (tertiary/aromatic N) is 1. The topological polar surface area (TPSA) is 162 Å². The van der Waals surface area contributed by atoms with E-state index in [1.165, 1.54) is 6.07 Å². The lowest BCUT2D eigenvalue weighted by molar-refractivity contribution is -0.212. The van der Waals surface area contributed by atoms with Crippen molar-refractivity contribution in [2.75, 3.05) is 6.61 Å². The van der Waals surface area contributed by atoms with Gasteiger partial charge in [-0.2, -0.15) is 12.8 Å². The van der Waals surface area contributed by atoms with Crippen molar-refractivity contribution in [2.24, 2.45) is 4.40 Å². The average molecular weight is 705 g/mol. The van der Waals surface area contributed by atoms with Gasteiger partial charge in [0.05, 0.1) is 15.4 Å². The first kappa shape index (κ1) is 30.2. The van der Waals surface area contributed by atoms with E-state index >= 15 is 0 Å². The van der Waals surface area contributed by atoms with Gasteiger partial charge >= 0.3 is 5.97 Å². The van der Waals surface area contributed by atoms with Crippen molar-refractivity contribution in [1.82, 2.24) is 0 Å². The van der Waals surface area contributed by atoms with Crippen LogP contribution in [0.4, 0.5) is 22.0 Å². The third kappa shape index (κ3) is 6.81. The molecule has 0 aromatic heterocycles. The molecule has 3 rings (SSSR count). The van der Waals surface area contributed by atoms with Crippen LogP contribution in [0.1, 0.15) is 5.56 Å². The third-order valence-electron chi connectivity index (χ3n) is 4.51. The van der Waals surface area contributed by atoms with Crippen molar-refractivity contribution in [3.63, 3.8) is 0 Å². The second-order valence-corrected chi connectivity index (χ2v) is 11.2. The zero-order chi connectivity index (χ0) is 29.3. The number of sulfonamides is 1. The minimum absolute atomic E-state index is 0.0188. The molecule has 0 fully saturated rings. The van der Waals surface area contributed by atoms with E-state index in [4.69, 9.17) is 9.47 Å². The van der Waals surface area contributed by atoms with Crippen LogP contribution >= 0.6 is 22.6 Å². The fraction of sp³-hybridized carbons (Fsp3) is 0.0476. The molecular formula is C21H9F5INO9S2-2. The van der Waals surface area contributed by atoms with Crippen molar-refractivity contribution < 1.29 is 62.7 Å². The zero-order valence-electron chi connectivity index (χ0n) is 18.5. The Labute approximate surface area is 229 Å². The summed E-state index contributed by atoms with van der Waals surface area (Å²) in [6.45, 7) is -0.703. The van der Waals surface area contributed by atoms with Crippen LogP contribution in [0.2, 0.25) is 0 Å². The highest BCUT2D eigenvalue weighted by Gasteiger charge is 2.27. The van der Waals surface area contributed by atoms with Crippen LogP contribution in [0.5, 0.6) is 11.5 Å². The number of hydrogen-bond acceptors (Lipinski definition) is 9. The summed E-state index contributed by atoms with van der Waals surface area (Å²) in [7, 11) is -9.73. The van der Waals surface area contributed by atoms with Gasteiger partial charge in [0.15, 0.2) is 29.9 Å². The molecule has 0 bridgehead atoms. The Morgan fingerprint density at radius 2 is 1.36 bits per heavy atom. The second kappa shape index (κ2) is 11.4. The Morgan fingerprint density at radius 3 is 1.87 bits per heavy atom. The summed E-state index contributed by atoms with van der Waals surface area (Å²) < 4.78 is 138. The zero-order valence-corrected chi connectivity index (χ0v) is 22.2. The van der Waals surface area contributed by atoms with E-state index < -0.39 is 83.1 Å². The first-order valence-corrected chi connectivity index (χ1v) is 13.7. The standard InChI is InChI=1S/C21H11F5INO9S2/c22-16-15(17(23)19(25)20(26)18(16)24)21(30)28-38(31,32)11-4-1-9(2-5-11)37-14(29)8-36-10-3-6-13(12(27)7-10)39(33,34)35/h1-7H,8H2,(H,28,30)(H,33,34,35)/p-2. The smallest absolute Gasteiger partial charge is 0.349 e. The maximum absolute atomic E-state index is 13.8. The average Bonchev–Trinajstić information content (AvgIpc) is 2.84. The third-order valence-corrected chi connectivity index (χ3v) is 7.94. The monoisotopic (exact) mass is 705 g/mol. The van der Waals surface area contributed by atoms with Crippen molar-refractivity contribution in [2.45, 2.75) is 9.79 Å². The first-order valence-electron chi connectivity index (χ1n) is 9.75. The molecule has 0 aliphatic heterocycles. The summed E-state index contributed by atoms with van der Waals surface area (Å²) in [4.78, 5) is 10.7. The molecule has 0 radical (unpaired) electrons. The number of benzene rings is 3. The first-order chi connectivity index (χ1) is 18.0. The predicted octanol–water partition coefficient (Wildman–Crippen LogP) is 2.37. The maximum atomic E-state index is 13.8. The molecule has 0 unspecified atom stereocenters. The molecule has 0 saturated heterocycles. The van der Waals surface area contributed by atoms with Gasteiger partial charge in [-0.25, -0.2) is 35.2 Å². The van der Waals surface area contributed by atoms with Gasteiger partial charge < -0.3 is 19.1 Å². The fourth-order valence-electron chi connectivity index (χ4n) is 2.76. The summed E-state index contributed by atoms with van der Waals surface area (Å²) in [5, 5.41) is 12.0. The highest BCUT2D eigenvalue weighted by Crippen LogP contribution is 2.25. The quantitative estimate of drug-likeness (QED) is 0.0394. The van der Waals surface area contributed by atoms with Gasteiger partial charge in [-0.1, -0.05) is 0 Å². The molecule has 0 spiro atoms. The Hall–Kier alpha value is -3.36. The number of carbonyl (C=O) groups is 1. The fourth-order valence-corrected chi connectivity index (χ4v) is 5.48. The Balaban J connectivity index is 1.72. The summed E-state index contributed by atoms with van der Waals surface area (Å²) in [5.41, 5.74) is -2.07. The minimum Gasteiger partial charge on any atom is -0.857 e. The van der Waals surface area contributed by atoms with E-state index in [1.54, 1.807) is 22.6 Å². The molecule has 0 amide bonds. The van der Waals surface area contributed by atoms with E-state index in [0.717, 1.165) is 36.4 Å². The van der Waals surface area contributed by atoms with E-state index in [1.807, 2.05) is 0 Å². The van der Waals surface area contributed by atoms with E-state index in [9.17, 15) is 53.2 Å². The van der Waals surface area contributed by atoms with Gasteiger partial charge in [-0.15, -0.1) is 0 Å². The van der Waals surface area contributed by atoms with Crippen LogP contribution < -0.4 is 14.6 Å². The molecule has 208 valence electrons. The number of ether oxygens (including phenoxy) is 2. The van der Waals surface area contributed by atoms with Crippen LogP contribution in [0, 0.1) is 32.7 Å². The maximum Gasteiger partial charge on any atom is 0.349 e.